The molecule has 24 heavy (non-hydrogen) atoms. The molecule has 132 valence electrons. The third-order valence-electron chi connectivity index (χ3n) is 4.73. The molecule has 0 saturated carbocycles. The third kappa shape index (κ3) is 4.56. The standard InChI is InChI=1S/C19H29N3O2/c1-15-12-21(13-16(2)24-15)14-17-4-6-18(7-5-17)19(23)22-10-3-8-20-9-11-22/h4-7,15-16,20H,3,8-14H2,1-2H3/t15-,16+. The lowest BCUT2D eigenvalue weighted by Gasteiger charge is -2.35. The summed E-state index contributed by atoms with van der Waals surface area (Å²) >= 11 is 0. The number of benzene rings is 1. The molecule has 2 atom stereocenters. The lowest BCUT2D eigenvalue weighted by atomic mass is 10.1. The first-order chi connectivity index (χ1) is 11.6. The minimum atomic E-state index is 0.152. The van der Waals surface area contributed by atoms with Crippen molar-refractivity contribution in [3.05, 3.63) is 35.4 Å². The van der Waals surface area contributed by atoms with Crippen LogP contribution < -0.4 is 5.32 Å². The maximum Gasteiger partial charge on any atom is 0.253 e. The van der Waals surface area contributed by atoms with Crippen LogP contribution in [0.5, 0.6) is 0 Å². The van der Waals surface area contributed by atoms with Crippen molar-refractivity contribution in [2.45, 2.75) is 39.0 Å². The summed E-state index contributed by atoms with van der Waals surface area (Å²) in [5.74, 6) is 0.152. The van der Waals surface area contributed by atoms with Crippen molar-refractivity contribution in [2.24, 2.45) is 0 Å². The van der Waals surface area contributed by atoms with Crippen LogP contribution in [0.4, 0.5) is 0 Å². The van der Waals surface area contributed by atoms with E-state index >= 15 is 0 Å². The van der Waals surface area contributed by atoms with E-state index in [1.165, 1.54) is 5.56 Å². The number of morpholine rings is 1. The van der Waals surface area contributed by atoms with Gasteiger partial charge in [0, 0.05) is 44.8 Å². The van der Waals surface area contributed by atoms with Crippen molar-refractivity contribution in [2.75, 3.05) is 39.3 Å². The average molecular weight is 331 g/mol. The third-order valence-corrected chi connectivity index (χ3v) is 4.73. The summed E-state index contributed by atoms with van der Waals surface area (Å²) in [6.07, 6.45) is 1.59. The molecule has 2 saturated heterocycles. The minimum absolute atomic E-state index is 0.152. The van der Waals surface area contributed by atoms with Gasteiger partial charge < -0.3 is 15.0 Å². The zero-order chi connectivity index (χ0) is 16.9. The first-order valence-electron chi connectivity index (χ1n) is 9.08. The number of ether oxygens (including phenoxy) is 1. The number of nitrogens with one attached hydrogen (secondary N) is 1. The van der Waals surface area contributed by atoms with Gasteiger partial charge in [-0.1, -0.05) is 12.1 Å². The smallest absolute Gasteiger partial charge is 0.253 e. The van der Waals surface area contributed by atoms with E-state index in [0.717, 1.165) is 57.8 Å². The number of carbonyl (C=O) groups excluding carboxylic acids is 1. The van der Waals surface area contributed by atoms with Crippen LogP contribution in [0.25, 0.3) is 0 Å². The van der Waals surface area contributed by atoms with Crippen LogP contribution in [-0.4, -0.2) is 67.2 Å². The van der Waals surface area contributed by atoms with Gasteiger partial charge in [0.25, 0.3) is 5.91 Å². The Morgan fingerprint density at radius 1 is 1.12 bits per heavy atom. The Bertz CT molecular complexity index is 528. The first kappa shape index (κ1) is 17.4. The summed E-state index contributed by atoms with van der Waals surface area (Å²) in [5, 5.41) is 3.34. The van der Waals surface area contributed by atoms with Gasteiger partial charge in [0.15, 0.2) is 0 Å². The van der Waals surface area contributed by atoms with Gasteiger partial charge in [0.05, 0.1) is 12.2 Å². The second kappa shape index (κ2) is 8.10. The number of nitrogens with zero attached hydrogens (tertiary/aromatic N) is 2. The number of hydrogen-bond donors (Lipinski definition) is 1. The zero-order valence-electron chi connectivity index (χ0n) is 14.8. The molecular formula is C19H29N3O2. The molecule has 2 aliphatic heterocycles. The van der Waals surface area contributed by atoms with Crippen molar-refractivity contribution < 1.29 is 9.53 Å². The van der Waals surface area contributed by atoms with E-state index < -0.39 is 0 Å². The van der Waals surface area contributed by atoms with Gasteiger partial charge in [-0.2, -0.15) is 0 Å². The van der Waals surface area contributed by atoms with Crippen molar-refractivity contribution >= 4 is 5.91 Å². The van der Waals surface area contributed by atoms with E-state index in [1.54, 1.807) is 0 Å². The van der Waals surface area contributed by atoms with Crippen molar-refractivity contribution in [1.82, 2.24) is 15.1 Å². The molecule has 1 aromatic rings. The molecule has 0 unspecified atom stereocenters. The molecule has 2 aliphatic rings. The van der Waals surface area contributed by atoms with Crippen molar-refractivity contribution in [1.29, 1.82) is 0 Å². The first-order valence-corrected chi connectivity index (χ1v) is 9.08. The minimum Gasteiger partial charge on any atom is -0.373 e. The highest BCUT2D eigenvalue weighted by Crippen LogP contribution is 2.15. The normalized spacial score (nSPS) is 26.2. The lowest BCUT2D eigenvalue weighted by Crippen LogP contribution is -2.44. The SMILES string of the molecule is C[C@@H]1CN(Cc2ccc(C(=O)N3CCCNCC3)cc2)C[C@H](C)O1. The number of carbonyl (C=O) groups is 1. The molecule has 5 heteroatoms. The highest BCUT2D eigenvalue weighted by molar-refractivity contribution is 5.94. The number of amides is 1. The van der Waals surface area contributed by atoms with Crippen LogP contribution in [0, 0.1) is 0 Å². The summed E-state index contributed by atoms with van der Waals surface area (Å²) in [7, 11) is 0. The fourth-order valence-corrected chi connectivity index (χ4v) is 3.66. The van der Waals surface area contributed by atoms with Gasteiger partial charge in [-0.25, -0.2) is 0 Å². The van der Waals surface area contributed by atoms with Crippen molar-refractivity contribution in [3.8, 4) is 0 Å². The molecule has 3 rings (SSSR count). The number of rotatable bonds is 3. The molecule has 2 fully saturated rings. The Kier molecular flexibility index (Phi) is 5.87. The summed E-state index contributed by atoms with van der Waals surface area (Å²) in [6, 6.07) is 8.13. The monoisotopic (exact) mass is 331 g/mol. The molecule has 2 heterocycles. The van der Waals surface area contributed by atoms with Gasteiger partial charge in [-0.15, -0.1) is 0 Å². The van der Waals surface area contributed by atoms with Gasteiger partial charge >= 0.3 is 0 Å². The van der Waals surface area contributed by atoms with Crippen LogP contribution >= 0.6 is 0 Å². The Morgan fingerprint density at radius 3 is 2.54 bits per heavy atom. The molecule has 0 spiro atoms. The highest BCUT2D eigenvalue weighted by atomic mass is 16.5. The molecule has 0 aromatic heterocycles. The topological polar surface area (TPSA) is 44.8 Å². The summed E-state index contributed by atoms with van der Waals surface area (Å²) in [6.45, 7) is 10.6. The van der Waals surface area contributed by atoms with Gasteiger partial charge in [0.2, 0.25) is 0 Å². The van der Waals surface area contributed by atoms with Crippen molar-refractivity contribution in [3.63, 3.8) is 0 Å². The van der Waals surface area contributed by atoms with Crippen LogP contribution in [0.3, 0.4) is 0 Å². The van der Waals surface area contributed by atoms with E-state index in [-0.39, 0.29) is 18.1 Å². The quantitative estimate of drug-likeness (QED) is 0.916. The van der Waals surface area contributed by atoms with Gasteiger partial charge in [0.1, 0.15) is 0 Å². The van der Waals surface area contributed by atoms with Crippen LogP contribution in [0.1, 0.15) is 36.2 Å². The summed E-state index contributed by atoms with van der Waals surface area (Å²) in [4.78, 5) is 17.0. The predicted molar refractivity (Wildman–Crippen MR) is 95.1 cm³/mol. The van der Waals surface area contributed by atoms with E-state index in [2.05, 4.69) is 36.2 Å². The molecule has 1 amide bonds. The fourth-order valence-electron chi connectivity index (χ4n) is 3.66. The van der Waals surface area contributed by atoms with E-state index in [4.69, 9.17) is 4.74 Å². The average Bonchev–Trinajstić information content (AvgIpc) is 2.83. The van der Waals surface area contributed by atoms with E-state index in [9.17, 15) is 4.79 Å². The predicted octanol–water partition coefficient (Wildman–Crippen LogP) is 1.73. The van der Waals surface area contributed by atoms with Crippen LogP contribution in [-0.2, 0) is 11.3 Å². The molecule has 5 nitrogen and oxygen atoms in total. The Hall–Kier alpha value is -1.43. The molecule has 0 bridgehead atoms. The molecular weight excluding hydrogens is 302 g/mol. The summed E-state index contributed by atoms with van der Waals surface area (Å²) in [5.41, 5.74) is 2.05. The molecule has 1 aromatic carbocycles. The van der Waals surface area contributed by atoms with Crippen LogP contribution in [0.15, 0.2) is 24.3 Å². The van der Waals surface area contributed by atoms with Gasteiger partial charge in [-0.05, 0) is 44.5 Å². The Balaban J connectivity index is 1.59. The lowest BCUT2D eigenvalue weighted by molar-refractivity contribution is -0.0704. The summed E-state index contributed by atoms with van der Waals surface area (Å²) < 4.78 is 5.79. The Labute approximate surface area is 145 Å². The zero-order valence-corrected chi connectivity index (χ0v) is 14.8. The largest absolute Gasteiger partial charge is 0.373 e. The van der Waals surface area contributed by atoms with E-state index in [1.807, 2.05) is 17.0 Å². The molecule has 1 N–H and O–H groups in total. The van der Waals surface area contributed by atoms with E-state index in [0.29, 0.717) is 0 Å². The Morgan fingerprint density at radius 2 is 1.83 bits per heavy atom. The highest BCUT2D eigenvalue weighted by Gasteiger charge is 2.22. The second-order valence-electron chi connectivity index (χ2n) is 7.04. The van der Waals surface area contributed by atoms with Crippen LogP contribution in [0.2, 0.25) is 0 Å². The second-order valence-corrected chi connectivity index (χ2v) is 7.04. The number of hydrogen-bond acceptors (Lipinski definition) is 4. The molecule has 0 radical (unpaired) electrons. The fraction of sp³-hybridized carbons (Fsp3) is 0.632. The maximum atomic E-state index is 12.6. The molecule has 0 aliphatic carbocycles. The maximum absolute atomic E-state index is 12.6. The van der Waals surface area contributed by atoms with Gasteiger partial charge in [-0.3, -0.25) is 9.69 Å².